The van der Waals surface area contributed by atoms with Crippen LogP contribution in [-0.2, 0) is 0 Å². The van der Waals surface area contributed by atoms with Crippen molar-refractivity contribution >= 4 is 5.91 Å². The van der Waals surface area contributed by atoms with Gasteiger partial charge in [0.1, 0.15) is 12.4 Å². The van der Waals surface area contributed by atoms with Crippen LogP contribution < -0.4 is 4.74 Å². The minimum absolute atomic E-state index is 0.0219. The second-order valence-corrected chi connectivity index (χ2v) is 6.12. The van der Waals surface area contributed by atoms with Crippen LogP contribution in [0.3, 0.4) is 0 Å². The van der Waals surface area contributed by atoms with Gasteiger partial charge in [0, 0.05) is 12.6 Å². The molecule has 0 N–H and O–H groups in total. The average molecular weight is 311 g/mol. The number of amides is 1. The van der Waals surface area contributed by atoms with E-state index >= 15 is 0 Å². The molecule has 3 heteroatoms. The lowest BCUT2D eigenvalue weighted by atomic mass is 10.0. The smallest absolute Gasteiger partial charge is 0.253 e. The molecule has 0 saturated carbocycles. The standard InChI is InChI=1S/C20H25NO2/c1-15(2)17-9-11-18(12-10-17)20(22)21(4)13-14-23-19-8-6-5-7-16(19)3/h5-12,15H,13-14H2,1-4H3. The van der Waals surface area contributed by atoms with Crippen molar-refractivity contribution in [1.29, 1.82) is 0 Å². The molecule has 0 bridgehead atoms. The Labute approximate surface area is 138 Å². The van der Waals surface area contributed by atoms with E-state index in [1.165, 1.54) is 5.56 Å². The molecule has 0 aliphatic heterocycles. The molecule has 0 atom stereocenters. The number of likely N-dealkylation sites (N-methyl/N-ethyl adjacent to an activating group) is 1. The van der Waals surface area contributed by atoms with Crippen molar-refractivity contribution in [2.75, 3.05) is 20.2 Å². The molecule has 0 heterocycles. The van der Waals surface area contributed by atoms with Gasteiger partial charge in [0.15, 0.2) is 0 Å². The van der Waals surface area contributed by atoms with Crippen LogP contribution in [0, 0.1) is 6.92 Å². The Morgan fingerprint density at radius 1 is 1.09 bits per heavy atom. The summed E-state index contributed by atoms with van der Waals surface area (Å²) in [6.45, 7) is 7.34. The topological polar surface area (TPSA) is 29.5 Å². The van der Waals surface area contributed by atoms with Crippen LogP contribution in [0.5, 0.6) is 5.75 Å². The molecule has 0 aromatic heterocycles. The van der Waals surface area contributed by atoms with Crippen molar-refractivity contribution in [1.82, 2.24) is 4.90 Å². The summed E-state index contributed by atoms with van der Waals surface area (Å²) in [5.74, 6) is 1.36. The van der Waals surface area contributed by atoms with Gasteiger partial charge in [0.05, 0.1) is 6.54 Å². The van der Waals surface area contributed by atoms with Gasteiger partial charge in [-0.1, -0.05) is 44.2 Å². The Morgan fingerprint density at radius 3 is 2.35 bits per heavy atom. The summed E-state index contributed by atoms with van der Waals surface area (Å²) in [5.41, 5.74) is 3.06. The van der Waals surface area contributed by atoms with Gasteiger partial charge in [-0.3, -0.25) is 4.79 Å². The maximum atomic E-state index is 12.4. The summed E-state index contributed by atoms with van der Waals surface area (Å²) < 4.78 is 5.75. The van der Waals surface area contributed by atoms with E-state index in [0.717, 1.165) is 11.3 Å². The van der Waals surface area contributed by atoms with Gasteiger partial charge >= 0.3 is 0 Å². The predicted molar refractivity (Wildman–Crippen MR) is 94.2 cm³/mol. The monoisotopic (exact) mass is 311 g/mol. The number of carbonyl (C=O) groups is 1. The molecule has 2 aromatic rings. The highest BCUT2D eigenvalue weighted by molar-refractivity contribution is 5.94. The minimum atomic E-state index is 0.0219. The fourth-order valence-corrected chi connectivity index (χ4v) is 2.34. The number of benzene rings is 2. The minimum Gasteiger partial charge on any atom is -0.491 e. The summed E-state index contributed by atoms with van der Waals surface area (Å²) in [6.07, 6.45) is 0. The quantitative estimate of drug-likeness (QED) is 0.797. The molecule has 2 aromatic carbocycles. The van der Waals surface area contributed by atoms with Crippen LogP contribution in [-0.4, -0.2) is 31.0 Å². The number of hydrogen-bond acceptors (Lipinski definition) is 2. The number of rotatable bonds is 6. The largest absolute Gasteiger partial charge is 0.491 e. The van der Waals surface area contributed by atoms with Crippen molar-refractivity contribution in [2.24, 2.45) is 0 Å². The Bertz CT molecular complexity index is 647. The number of carbonyl (C=O) groups excluding carboxylic acids is 1. The molecular weight excluding hydrogens is 286 g/mol. The molecular formula is C20H25NO2. The van der Waals surface area contributed by atoms with Gasteiger partial charge in [-0.05, 0) is 42.2 Å². The summed E-state index contributed by atoms with van der Waals surface area (Å²) in [4.78, 5) is 14.1. The maximum absolute atomic E-state index is 12.4. The number of aryl methyl sites for hydroxylation is 1. The van der Waals surface area contributed by atoms with Crippen LogP contribution in [0.4, 0.5) is 0 Å². The highest BCUT2D eigenvalue weighted by atomic mass is 16.5. The maximum Gasteiger partial charge on any atom is 0.253 e. The van der Waals surface area contributed by atoms with Gasteiger partial charge < -0.3 is 9.64 Å². The second-order valence-electron chi connectivity index (χ2n) is 6.12. The Morgan fingerprint density at radius 2 is 1.74 bits per heavy atom. The van der Waals surface area contributed by atoms with Crippen molar-refractivity contribution in [3.8, 4) is 5.75 Å². The summed E-state index contributed by atoms with van der Waals surface area (Å²) in [7, 11) is 1.81. The van der Waals surface area contributed by atoms with Crippen LogP contribution >= 0.6 is 0 Å². The number of hydrogen-bond donors (Lipinski definition) is 0. The van der Waals surface area contributed by atoms with E-state index in [1.807, 2.05) is 55.5 Å². The van der Waals surface area contributed by atoms with Crippen LogP contribution in [0.2, 0.25) is 0 Å². The summed E-state index contributed by atoms with van der Waals surface area (Å²) in [5, 5.41) is 0. The van der Waals surface area contributed by atoms with Gasteiger partial charge in [0.2, 0.25) is 0 Å². The first-order valence-corrected chi connectivity index (χ1v) is 8.03. The molecule has 122 valence electrons. The SMILES string of the molecule is Cc1ccccc1OCCN(C)C(=O)c1ccc(C(C)C)cc1. The zero-order valence-corrected chi connectivity index (χ0v) is 14.4. The molecule has 0 aliphatic rings. The third kappa shape index (κ3) is 4.59. The molecule has 0 aliphatic carbocycles. The lowest BCUT2D eigenvalue weighted by Crippen LogP contribution is -2.30. The molecule has 3 nitrogen and oxygen atoms in total. The lowest BCUT2D eigenvalue weighted by molar-refractivity contribution is 0.0773. The third-order valence-corrected chi connectivity index (χ3v) is 3.95. The molecule has 1 amide bonds. The normalized spacial score (nSPS) is 10.7. The van der Waals surface area contributed by atoms with Crippen molar-refractivity contribution in [2.45, 2.75) is 26.7 Å². The molecule has 23 heavy (non-hydrogen) atoms. The van der Waals surface area contributed by atoms with E-state index in [1.54, 1.807) is 11.9 Å². The van der Waals surface area contributed by atoms with Gasteiger partial charge in [-0.25, -0.2) is 0 Å². The molecule has 0 unspecified atom stereocenters. The van der Waals surface area contributed by atoms with Crippen molar-refractivity contribution in [3.05, 3.63) is 65.2 Å². The lowest BCUT2D eigenvalue weighted by Gasteiger charge is -2.18. The Kier molecular flexibility index (Phi) is 5.80. The first kappa shape index (κ1) is 17.1. The van der Waals surface area contributed by atoms with Crippen LogP contribution in [0.25, 0.3) is 0 Å². The van der Waals surface area contributed by atoms with E-state index in [9.17, 15) is 4.79 Å². The summed E-state index contributed by atoms with van der Waals surface area (Å²) >= 11 is 0. The first-order valence-electron chi connectivity index (χ1n) is 8.03. The van der Waals surface area contributed by atoms with E-state index in [2.05, 4.69) is 13.8 Å². The molecule has 0 radical (unpaired) electrons. The fraction of sp³-hybridized carbons (Fsp3) is 0.350. The number of nitrogens with zero attached hydrogens (tertiary/aromatic N) is 1. The second kappa shape index (κ2) is 7.82. The average Bonchev–Trinajstić information content (AvgIpc) is 2.56. The Balaban J connectivity index is 1.88. The van der Waals surface area contributed by atoms with Gasteiger partial charge in [-0.15, -0.1) is 0 Å². The van der Waals surface area contributed by atoms with E-state index < -0.39 is 0 Å². The molecule has 0 spiro atoms. The highest BCUT2D eigenvalue weighted by Gasteiger charge is 2.12. The zero-order chi connectivity index (χ0) is 16.8. The van der Waals surface area contributed by atoms with Crippen LogP contribution in [0.15, 0.2) is 48.5 Å². The van der Waals surface area contributed by atoms with Crippen LogP contribution in [0.1, 0.15) is 41.3 Å². The number of para-hydroxylation sites is 1. The first-order chi connectivity index (χ1) is 11.0. The van der Waals surface area contributed by atoms with E-state index in [-0.39, 0.29) is 5.91 Å². The zero-order valence-electron chi connectivity index (χ0n) is 14.4. The molecule has 0 fully saturated rings. The predicted octanol–water partition coefficient (Wildman–Crippen LogP) is 4.27. The van der Waals surface area contributed by atoms with Crippen molar-refractivity contribution < 1.29 is 9.53 Å². The fourth-order valence-electron chi connectivity index (χ4n) is 2.34. The Hall–Kier alpha value is -2.29. The molecule has 0 saturated heterocycles. The molecule has 2 rings (SSSR count). The number of ether oxygens (including phenoxy) is 1. The summed E-state index contributed by atoms with van der Waals surface area (Å²) in [6, 6.07) is 15.7. The third-order valence-electron chi connectivity index (χ3n) is 3.95. The van der Waals surface area contributed by atoms with Crippen molar-refractivity contribution in [3.63, 3.8) is 0 Å². The highest BCUT2D eigenvalue weighted by Crippen LogP contribution is 2.17. The van der Waals surface area contributed by atoms with E-state index in [4.69, 9.17) is 4.74 Å². The van der Waals surface area contributed by atoms with Gasteiger partial charge in [-0.2, -0.15) is 0 Å². The van der Waals surface area contributed by atoms with E-state index in [0.29, 0.717) is 24.6 Å². The van der Waals surface area contributed by atoms with Gasteiger partial charge in [0.25, 0.3) is 5.91 Å².